The van der Waals surface area contributed by atoms with Gasteiger partial charge < -0.3 is 4.90 Å². The van der Waals surface area contributed by atoms with Gasteiger partial charge in [0.1, 0.15) is 5.37 Å². The first kappa shape index (κ1) is 12.3. The van der Waals surface area contributed by atoms with E-state index in [2.05, 4.69) is 11.0 Å². The average Bonchev–Trinajstić information content (AvgIpc) is 2.97. The Morgan fingerprint density at radius 3 is 2.71 bits per heavy atom. The van der Waals surface area contributed by atoms with Crippen molar-refractivity contribution in [3.05, 3.63) is 21.3 Å². The summed E-state index contributed by atoms with van der Waals surface area (Å²) in [5, 5.41) is 0.420. The maximum Gasteiger partial charge on any atom is 0.111 e. The molecule has 2 fully saturated rings. The summed E-state index contributed by atoms with van der Waals surface area (Å²) in [5.74, 6) is 0.992. The minimum Gasteiger partial charge on any atom is -0.346 e. The molecule has 1 nitrogen and oxygen atoms in total. The third-order valence-corrected chi connectivity index (χ3v) is 6.67. The highest BCUT2D eigenvalue weighted by atomic mass is 35.5. The second-order valence-electron chi connectivity index (χ2n) is 4.54. The lowest BCUT2D eigenvalue weighted by Crippen LogP contribution is -2.35. The highest BCUT2D eigenvalue weighted by molar-refractivity contribution is 8.02. The van der Waals surface area contributed by atoms with Crippen molar-refractivity contribution in [3.8, 4) is 0 Å². The largest absolute Gasteiger partial charge is 0.346 e. The van der Waals surface area contributed by atoms with Crippen LogP contribution >= 0.6 is 46.9 Å². The molecule has 0 spiro atoms. The summed E-state index contributed by atoms with van der Waals surface area (Å²) in [6.07, 6.45) is 5.31. The molecule has 17 heavy (non-hydrogen) atoms. The van der Waals surface area contributed by atoms with Gasteiger partial charge in [0, 0.05) is 16.7 Å². The molecule has 1 aliphatic carbocycles. The Hall–Kier alpha value is 0.230. The summed E-state index contributed by atoms with van der Waals surface area (Å²) in [7, 11) is 0. The first-order valence-electron chi connectivity index (χ1n) is 5.94. The zero-order valence-electron chi connectivity index (χ0n) is 9.39. The number of thioether (sulfide) groups is 1. The van der Waals surface area contributed by atoms with Gasteiger partial charge >= 0.3 is 0 Å². The molecule has 92 valence electrons. The zero-order chi connectivity index (χ0) is 11.8. The second kappa shape index (κ2) is 5.08. The van der Waals surface area contributed by atoms with Gasteiger partial charge in [0.15, 0.2) is 0 Å². The molecule has 1 atom stereocenters. The van der Waals surface area contributed by atoms with Gasteiger partial charge in [-0.3, -0.25) is 0 Å². The number of nitrogens with zero attached hydrogens (tertiary/aromatic N) is 1. The quantitative estimate of drug-likeness (QED) is 0.728. The van der Waals surface area contributed by atoms with E-state index in [0.29, 0.717) is 11.4 Å². The van der Waals surface area contributed by atoms with Gasteiger partial charge in [-0.15, -0.1) is 23.1 Å². The predicted octanol–water partition coefficient (Wildman–Crippen LogP) is 4.72. The third-order valence-electron chi connectivity index (χ3n) is 3.46. The van der Waals surface area contributed by atoms with Gasteiger partial charge in [0.05, 0.1) is 9.32 Å². The van der Waals surface area contributed by atoms with Crippen LogP contribution in [-0.2, 0) is 0 Å². The molecule has 5 heteroatoms. The van der Waals surface area contributed by atoms with Crippen molar-refractivity contribution in [3.63, 3.8) is 0 Å². The van der Waals surface area contributed by atoms with Crippen LogP contribution in [0.5, 0.6) is 0 Å². The van der Waals surface area contributed by atoms with Crippen LogP contribution < -0.4 is 0 Å². The van der Waals surface area contributed by atoms with E-state index in [1.165, 1.54) is 30.6 Å². The van der Waals surface area contributed by atoms with Gasteiger partial charge in [0.25, 0.3) is 0 Å². The van der Waals surface area contributed by atoms with Crippen LogP contribution in [-0.4, -0.2) is 21.7 Å². The van der Waals surface area contributed by atoms with Crippen LogP contribution in [0.1, 0.15) is 35.9 Å². The Labute approximate surface area is 121 Å². The van der Waals surface area contributed by atoms with Gasteiger partial charge in [0.2, 0.25) is 0 Å². The van der Waals surface area contributed by atoms with E-state index in [1.807, 2.05) is 17.8 Å². The first-order valence-corrected chi connectivity index (χ1v) is 8.59. The molecule has 1 saturated heterocycles. The number of rotatable bonds is 2. The average molecular weight is 304 g/mol. The lowest BCUT2D eigenvalue weighted by molar-refractivity contribution is 0.314. The van der Waals surface area contributed by atoms with E-state index in [0.717, 1.165) is 15.1 Å². The smallest absolute Gasteiger partial charge is 0.111 e. The van der Waals surface area contributed by atoms with Gasteiger partial charge in [-0.1, -0.05) is 36.7 Å². The van der Waals surface area contributed by atoms with Crippen LogP contribution in [0.4, 0.5) is 0 Å². The van der Waals surface area contributed by atoms with Crippen molar-refractivity contribution in [2.75, 3.05) is 5.75 Å². The molecule has 0 N–H and O–H groups in total. The standard InChI is InChI=1S/C12H14ClNS3/c13-10-6-5-9(17-10)12-14(11(15)7-16-12)8-3-1-2-4-8/h5-6,8,12H,1-4,7H2. The maximum absolute atomic E-state index is 6.04. The number of halogens is 1. The van der Waals surface area contributed by atoms with Crippen LogP contribution in [0.25, 0.3) is 0 Å². The summed E-state index contributed by atoms with van der Waals surface area (Å²) < 4.78 is 0.879. The number of hydrogen-bond acceptors (Lipinski definition) is 3. The summed E-state index contributed by atoms with van der Waals surface area (Å²) in [6, 6.07) is 4.82. The lowest BCUT2D eigenvalue weighted by Gasteiger charge is -2.31. The fourth-order valence-corrected chi connectivity index (χ4v) is 5.76. The molecule has 0 amide bonds. The molecule has 1 aromatic heterocycles. The number of thiocarbonyl (C=S) groups is 1. The van der Waals surface area contributed by atoms with Gasteiger partial charge in [-0.25, -0.2) is 0 Å². The zero-order valence-corrected chi connectivity index (χ0v) is 12.6. The van der Waals surface area contributed by atoms with E-state index in [9.17, 15) is 0 Å². The molecular weight excluding hydrogens is 290 g/mol. The Kier molecular flexibility index (Phi) is 3.67. The fourth-order valence-electron chi connectivity index (χ4n) is 2.69. The molecule has 1 aromatic rings. The minimum atomic E-state index is 0.420. The van der Waals surface area contributed by atoms with E-state index in [1.54, 1.807) is 11.3 Å². The van der Waals surface area contributed by atoms with Crippen molar-refractivity contribution >= 4 is 51.9 Å². The number of hydrogen-bond donors (Lipinski definition) is 0. The van der Waals surface area contributed by atoms with Crippen LogP contribution in [0.15, 0.2) is 12.1 Å². The summed E-state index contributed by atoms with van der Waals surface area (Å²) in [5.41, 5.74) is 0. The van der Waals surface area contributed by atoms with Gasteiger partial charge in [-0.2, -0.15) is 0 Å². The maximum atomic E-state index is 6.04. The van der Waals surface area contributed by atoms with Crippen LogP contribution in [0, 0.1) is 0 Å². The van der Waals surface area contributed by atoms with E-state index >= 15 is 0 Å². The topological polar surface area (TPSA) is 3.24 Å². The molecule has 1 unspecified atom stereocenters. The van der Waals surface area contributed by atoms with Crippen molar-refractivity contribution in [2.24, 2.45) is 0 Å². The van der Waals surface area contributed by atoms with E-state index < -0.39 is 0 Å². The Morgan fingerprint density at radius 1 is 1.29 bits per heavy atom. The molecule has 2 heterocycles. The molecule has 0 radical (unpaired) electrons. The second-order valence-corrected chi connectivity index (χ2v) is 7.83. The van der Waals surface area contributed by atoms with Crippen molar-refractivity contribution in [2.45, 2.75) is 37.1 Å². The van der Waals surface area contributed by atoms with Crippen LogP contribution in [0.2, 0.25) is 4.34 Å². The van der Waals surface area contributed by atoms with Crippen molar-refractivity contribution in [1.29, 1.82) is 0 Å². The van der Waals surface area contributed by atoms with E-state index in [-0.39, 0.29) is 0 Å². The molecule has 1 saturated carbocycles. The molecular formula is C12H14ClNS3. The lowest BCUT2D eigenvalue weighted by atomic mass is 10.2. The Balaban J connectivity index is 1.85. The fraction of sp³-hybridized carbons (Fsp3) is 0.583. The monoisotopic (exact) mass is 303 g/mol. The first-order chi connectivity index (χ1) is 8.25. The Bertz CT molecular complexity index is 425. The molecule has 3 rings (SSSR count). The molecule has 0 bridgehead atoms. The number of thiophene rings is 1. The highest BCUT2D eigenvalue weighted by Gasteiger charge is 2.36. The van der Waals surface area contributed by atoms with Gasteiger partial charge in [-0.05, 0) is 25.0 Å². The van der Waals surface area contributed by atoms with Crippen molar-refractivity contribution < 1.29 is 0 Å². The third kappa shape index (κ3) is 2.37. The molecule has 2 aliphatic rings. The highest BCUT2D eigenvalue weighted by Crippen LogP contribution is 2.46. The summed E-state index contributed by atoms with van der Waals surface area (Å²) in [6.45, 7) is 0. The summed E-state index contributed by atoms with van der Waals surface area (Å²) >= 11 is 15.2. The SMILES string of the molecule is S=C1CSC(c2ccc(Cl)s2)N1C1CCCC1. The minimum absolute atomic E-state index is 0.420. The Morgan fingerprint density at radius 2 is 2.06 bits per heavy atom. The van der Waals surface area contributed by atoms with Crippen molar-refractivity contribution in [1.82, 2.24) is 4.90 Å². The summed E-state index contributed by atoms with van der Waals surface area (Å²) in [4.78, 5) is 4.97. The molecule has 0 aromatic carbocycles. The predicted molar refractivity (Wildman–Crippen MR) is 81.2 cm³/mol. The van der Waals surface area contributed by atoms with Crippen LogP contribution in [0.3, 0.4) is 0 Å². The molecule has 1 aliphatic heterocycles. The van der Waals surface area contributed by atoms with E-state index in [4.69, 9.17) is 23.8 Å². The normalized spacial score (nSPS) is 26.1.